The molecule has 0 unspecified atom stereocenters. The largest absolute Gasteiger partial charge is 0.465 e. The maximum Gasteiger partial charge on any atom is 0.246 e. The van der Waals surface area contributed by atoms with Crippen LogP contribution in [-0.2, 0) is 11.3 Å². The Balaban J connectivity index is 1.53. The zero-order valence-corrected chi connectivity index (χ0v) is 14.1. The Labute approximate surface area is 147 Å². The highest BCUT2D eigenvalue weighted by Gasteiger charge is 2.17. The van der Waals surface area contributed by atoms with E-state index < -0.39 is 0 Å². The summed E-state index contributed by atoms with van der Waals surface area (Å²) < 4.78 is 5.21. The number of hydrogen-bond donors (Lipinski definition) is 0. The van der Waals surface area contributed by atoms with Crippen LogP contribution < -0.4 is 0 Å². The summed E-state index contributed by atoms with van der Waals surface area (Å²) in [6.07, 6.45) is 5.84. The molecule has 1 aromatic carbocycles. The molecular weight excluding hydrogens is 314 g/mol. The summed E-state index contributed by atoms with van der Waals surface area (Å²) in [4.78, 5) is 16.6. The molecule has 128 valence electrons. The second-order valence-corrected chi connectivity index (χ2v) is 6.11. The van der Waals surface area contributed by atoms with Crippen LogP contribution in [0.25, 0.3) is 6.08 Å². The molecule has 0 saturated carbocycles. The van der Waals surface area contributed by atoms with Gasteiger partial charge in [-0.25, -0.2) is 0 Å². The van der Waals surface area contributed by atoms with E-state index in [1.165, 1.54) is 5.56 Å². The van der Waals surface area contributed by atoms with Crippen molar-refractivity contribution in [3.05, 3.63) is 65.6 Å². The molecule has 0 aliphatic carbocycles. The predicted octanol–water partition coefficient (Wildman–Crippen LogP) is 2.90. The van der Waals surface area contributed by atoms with Crippen molar-refractivity contribution in [2.24, 2.45) is 0 Å². The lowest BCUT2D eigenvalue weighted by Gasteiger charge is -2.21. The van der Waals surface area contributed by atoms with Gasteiger partial charge in [0.1, 0.15) is 5.76 Å². The van der Waals surface area contributed by atoms with E-state index in [2.05, 4.69) is 11.0 Å². The van der Waals surface area contributed by atoms with Gasteiger partial charge in [-0.3, -0.25) is 9.69 Å². The zero-order chi connectivity index (χ0) is 17.5. The molecule has 5 heteroatoms. The fourth-order valence-corrected chi connectivity index (χ4v) is 2.94. The quantitative estimate of drug-likeness (QED) is 0.806. The molecule has 0 radical (unpaired) electrons. The summed E-state index contributed by atoms with van der Waals surface area (Å²) in [5.41, 5.74) is 1.87. The van der Waals surface area contributed by atoms with Crippen molar-refractivity contribution < 1.29 is 9.21 Å². The molecule has 1 aromatic heterocycles. The number of nitrogens with zero attached hydrogens (tertiary/aromatic N) is 3. The van der Waals surface area contributed by atoms with E-state index in [1.54, 1.807) is 24.5 Å². The first-order chi connectivity index (χ1) is 12.2. The first kappa shape index (κ1) is 17.0. The van der Waals surface area contributed by atoms with Gasteiger partial charge in [-0.1, -0.05) is 12.1 Å². The van der Waals surface area contributed by atoms with Crippen LogP contribution in [-0.4, -0.2) is 41.9 Å². The summed E-state index contributed by atoms with van der Waals surface area (Å²) in [5, 5.41) is 8.86. The lowest BCUT2D eigenvalue weighted by molar-refractivity contribution is -0.125. The van der Waals surface area contributed by atoms with Crippen LogP contribution in [0.2, 0.25) is 0 Å². The minimum absolute atomic E-state index is 0.0247. The van der Waals surface area contributed by atoms with Crippen molar-refractivity contribution >= 4 is 12.0 Å². The van der Waals surface area contributed by atoms with Crippen molar-refractivity contribution in [3.63, 3.8) is 0 Å². The summed E-state index contributed by atoms with van der Waals surface area (Å²) >= 11 is 0. The normalized spacial score (nSPS) is 15.9. The molecule has 0 bridgehead atoms. The zero-order valence-electron chi connectivity index (χ0n) is 14.1. The van der Waals surface area contributed by atoms with Crippen LogP contribution in [0.5, 0.6) is 0 Å². The number of carbonyl (C=O) groups excluding carboxylic acids is 1. The van der Waals surface area contributed by atoms with Crippen LogP contribution in [0, 0.1) is 11.3 Å². The highest BCUT2D eigenvalue weighted by molar-refractivity contribution is 5.91. The van der Waals surface area contributed by atoms with Gasteiger partial charge < -0.3 is 9.32 Å². The molecule has 2 aromatic rings. The van der Waals surface area contributed by atoms with E-state index in [-0.39, 0.29) is 5.91 Å². The van der Waals surface area contributed by atoms with Gasteiger partial charge in [0.2, 0.25) is 5.91 Å². The number of nitriles is 1. The molecule has 1 aliphatic heterocycles. The van der Waals surface area contributed by atoms with Gasteiger partial charge in [0.25, 0.3) is 0 Å². The maximum atomic E-state index is 12.3. The lowest BCUT2D eigenvalue weighted by Crippen LogP contribution is -2.34. The number of rotatable bonds is 4. The highest BCUT2D eigenvalue weighted by Crippen LogP contribution is 2.11. The third kappa shape index (κ3) is 4.82. The molecule has 3 rings (SSSR count). The van der Waals surface area contributed by atoms with Gasteiger partial charge in [-0.2, -0.15) is 5.26 Å². The predicted molar refractivity (Wildman–Crippen MR) is 95.4 cm³/mol. The monoisotopic (exact) mass is 335 g/mol. The van der Waals surface area contributed by atoms with E-state index >= 15 is 0 Å². The van der Waals surface area contributed by atoms with Crippen molar-refractivity contribution in [2.45, 2.75) is 13.0 Å². The lowest BCUT2D eigenvalue weighted by atomic mass is 10.1. The van der Waals surface area contributed by atoms with Crippen molar-refractivity contribution in [1.29, 1.82) is 5.26 Å². The molecule has 1 fully saturated rings. The molecule has 1 aliphatic rings. The van der Waals surface area contributed by atoms with Crippen LogP contribution in [0.15, 0.2) is 53.2 Å². The molecule has 1 saturated heterocycles. The Morgan fingerprint density at radius 3 is 2.72 bits per heavy atom. The van der Waals surface area contributed by atoms with Gasteiger partial charge in [0, 0.05) is 38.8 Å². The van der Waals surface area contributed by atoms with Gasteiger partial charge in [-0.05, 0) is 42.3 Å². The Hall–Kier alpha value is -2.84. The first-order valence-corrected chi connectivity index (χ1v) is 8.46. The second-order valence-electron chi connectivity index (χ2n) is 6.11. The van der Waals surface area contributed by atoms with E-state index in [4.69, 9.17) is 9.68 Å². The minimum atomic E-state index is 0.0247. The summed E-state index contributed by atoms with van der Waals surface area (Å²) in [6.45, 7) is 4.14. The minimum Gasteiger partial charge on any atom is -0.465 e. The molecule has 0 spiro atoms. The Kier molecular flexibility index (Phi) is 5.65. The Morgan fingerprint density at radius 2 is 2.00 bits per heavy atom. The average Bonchev–Trinajstić information content (AvgIpc) is 3.06. The summed E-state index contributed by atoms with van der Waals surface area (Å²) in [7, 11) is 0. The van der Waals surface area contributed by atoms with Crippen LogP contribution in [0.1, 0.15) is 23.3 Å². The number of amides is 1. The molecule has 0 N–H and O–H groups in total. The Bertz CT molecular complexity index is 757. The number of hydrogen-bond acceptors (Lipinski definition) is 4. The SMILES string of the molecule is N#Cc1ccc(CN2CCCN(C(=O)/C=C/c3ccco3)CC2)cc1. The highest BCUT2D eigenvalue weighted by atomic mass is 16.3. The van der Waals surface area contributed by atoms with Gasteiger partial charge >= 0.3 is 0 Å². The maximum absolute atomic E-state index is 12.3. The van der Waals surface area contributed by atoms with E-state index in [0.717, 1.165) is 39.1 Å². The summed E-state index contributed by atoms with van der Waals surface area (Å²) in [6, 6.07) is 13.5. The van der Waals surface area contributed by atoms with Crippen molar-refractivity contribution in [3.8, 4) is 6.07 Å². The third-order valence-electron chi connectivity index (χ3n) is 4.32. The number of furan rings is 1. The molecule has 5 nitrogen and oxygen atoms in total. The fraction of sp³-hybridized carbons (Fsp3) is 0.300. The fourth-order valence-electron chi connectivity index (χ4n) is 2.94. The van der Waals surface area contributed by atoms with E-state index in [1.807, 2.05) is 35.2 Å². The molecule has 2 heterocycles. The van der Waals surface area contributed by atoms with Crippen LogP contribution in [0.3, 0.4) is 0 Å². The Morgan fingerprint density at radius 1 is 1.16 bits per heavy atom. The molecule has 25 heavy (non-hydrogen) atoms. The smallest absolute Gasteiger partial charge is 0.246 e. The van der Waals surface area contributed by atoms with Gasteiger partial charge in [0.15, 0.2) is 0 Å². The summed E-state index contributed by atoms with van der Waals surface area (Å²) in [5.74, 6) is 0.710. The molecule has 1 amide bonds. The average molecular weight is 335 g/mol. The number of benzene rings is 1. The molecular formula is C20H21N3O2. The van der Waals surface area contributed by atoms with E-state index in [9.17, 15) is 4.79 Å². The number of carbonyl (C=O) groups is 1. The standard InChI is InChI=1S/C20H21N3O2/c21-15-17-4-6-18(7-5-17)16-22-10-2-11-23(13-12-22)20(24)9-8-19-3-1-14-25-19/h1,3-9,14H,2,10-13,16H2/b9-8+. The second kappa shape index (κ2) is 8.32. The van der Waals surface area contributed by atoms with Crippen LogP contribution >= 0.6 is 0 Å². The first-order valence-electron chi connectivity index (χ1n) is 8.46. The van der Waals surface area contributed by atoms with Crippen molar-refractivity contribution in [1.82, 2.24) is 9.80 Å². The van der Waals surface area contributed by atoms with Gasteiger partial charge in [0.05, 0.1) is 17.9 Å². The van der Waals surface area contributed by atoms with E-state index in [0.29, 0.717) is 11.3 Å². The third-order valence-corrected chi connectivity index (χ3v) is 4.32. The topological polar surface area (TPSA) is 60.5 Å². The molecule has 0 atom stereocenters. The van der Waals surface area contributed by atoms with Crippen molar-refractivity contribution in [2.75, 3.05) is 26.2 Å². The van der Waals surface area contributed by atoms with Gasteiger partial charge in [-0.15, -0.1) is 0 Å². The van der Waals surface area contributed by atoms with Crippen LogP contribution in [0.4, 0.5) is 0 Å².